The van der Waals surface area contributed by atoms with Crippen molar-refractivity contribution in [1.29, 1.82) is 0 Å². The van der Waals surface area contributed by atoms with Crippen LogP contribution in [0.3, 0.4) is 0 Å². The normalized spacial score (nSPS) is 21.9. The maximum absolute atomic E-state index is 11.9. The van der Waals surface area contributed by atoms with E-state index in [2.05, 4.69) is 0 Å². The topological polar surface area (TPSA) is 79.3 Å². The van der Waals surface area contributed by atoms with Crippen molar-refractivity contribution in [3.05, 3.63) is 29.8 Å². The third-order valence-electron chi connectivity index (χ3n) is 4.67. The highest BCUT2D eigenvalue weighted by Gasteiger charge is 2.32. The average molecular weight is 334 g/mol. The minimum absolute atomic E-state index is 0.234. The van der Waals surface area contributed by atoms with E-state index in [1.165, 1.54) is 10.5 Å². The van der Waals surface area contributed by atoms with Crippen molar-refractivity contribution < 1.29 is 24.2 Å². The van der Waals surface area contributed by atoms with Gasteiger partial charge in [0.15, 0.2) is 0 Å². The molecule has 7 heteroatoms. The number of cyclic esters (lactones) is 1. The van der Waals surface area contributed by atoms with Crippen molar-refractivity contribution >= 4 is 17.9 Å². The molecular weight excluding hydrogens is 312 g/mol. The van der Waals surface area contributed by atoms with E-state index >= 15 is 0 Å². The molecule has 0 spiro atoms. The number of hydrogen-bond acceptors (Lipinski definition) is 4. The summed E-state index contributed by atoms with van der Waals surface area (Å²) in [5.74, 6) is 0.362. The Morgan fingerprint density at radius 2 is 1.96 bits per heavy atom. The summed E-state index contributed by atoms with van der Waals surface area (Å²) < 4.78 is 10.3. The molecule has 3 rings (SSSR count). The number of benzene rings is 1. The quantitative estimate of drug-likeness (QED) is 0.915. The summed E-state index contributed by atoms with van der Waals surface area (Å²) in [6, 6.07) is 7.89. The lowest BCUT2D eigenvalue weighted by molar-refractivity contribution is 0.0718. The molecule has 1 unspecified atom stereocenters. The van der Waals surface area contributed by atoms with E-state index < -0.39 is 6.09 Å². The molecule has 2 amide bonds. The van der Waals surface area contributed by atoms with E-state index in [0.29, 0.717) is 32.2 Å². The van der Waals surface area contributed by atoms with Crippen LogP contribution in [-0.2, 0) is 9.47 Å². The number of methoxy groups -OCH3 is 1. The van der Waals surface area contributed by atoms with Crippen LogP contribution in [-0.4, -0.2) is 61.6 Å². The first-order chi connectivity index (χ1) is 11.6. The molecule has 0 bridgehead atoms. The predicted molar refractivity (Wildman–Crippen MR) is 87.5 cm³/mol. The van der Waals surface area contributed by atoms with Crippen LogP contribution < -0.4 is 4.90 Å². The molecule has 0 saturated carbocycles. The van der Waals surface area contributed by atoms with Crippen molar-refractivity contribution in [2.75, 3.05) is 38.3 Å². The molecule has 0 aromatic heterocycles. The van der Waals surface area contributed by atoms with Crippen molar-refractivity contribution in [1.82, 2.24) is 4.90 Å². The Bertz CT molecular complexity index is 596. The minimum atomic E-state index is -0.845. The summed E-state index contributed by atoms with van der Waals surface area (Å²) >= 11 is 0. The third-order valence-corrected chi connectivity index (χ3v) is 4.67. The first kappa shape index (κ1) is 16.6. The second-order valence-corrected chi connectivity index (χ2v) is 6.21. The van der Waals surface area contributed by atoms with Gasteiger partial charge in [0.25, 0.3) is 0 Å². The smallest absolute Gasteiger partial charge is 0.414 e. The van der Waals surface area contributed by atoms with Crippen LogP contribution in [0.5, 0.6) is 0 Å². The first-order valence-corrected chi connectivity index (χ1v) is 8.13. The van der Waals surface area contributed by atoms with Gasteiger partial charge in [0.1, 0.15) is 6.10 Å². The molecule has 2 saturated heterocycles. The lowest BCUT2D eigenvalue weighted by atomic mass is 9.89. The fourth-order valence-electron chi connectivity index (χ4n) is 3.34. The van der Waals surface area contributed by atoms with Gasteiger partial charge in [-0.05, 0) is 36.5 Å². The highest BCUT2D eigenvalue weighted by Crippen LogP contribution is 2.30. The minimum Gasteiger partial charge on any atom is -0.465 e. The molecule has 24 heavy (non-hydrogen) atoms. The Morgan fingerprint density at radius 1 is 1.29 bits per heavy atom. The Hall–Kier alpha value is -2.28. The number of amides is 2. The summed E-state index contributed by atoms with van der Waals surface area (Å²) in [5, 5.41) is 9.00. The molecule has 2 aliphatic rings. The van der Waals surface area contributed by atoms with Gasteiger partial charge in [0.05, 0.1) is 13.2 Å². The van der Waals surface area contributed by atoms with Crippen molar-refractivity contribution in [3.8, 4) is 0 Å². The van der Waals surface area contributed by atoms with E-state index in [1.807, 2.05) is 24.3 Å². The fourth-order valence-corrected chi connectivity index (χ4v) is 3.34. The van der Waals surface area contributed by atoms with Crippen LogP contribution in [0.25, 0.3) is 0 Å². The summed E-state index contributed by atoms with van der Waals surface area (Å²) in [6.07, 6.45) is 0.227. The van der Waals surface area contributed by atoms with E-state index in [1.54, 1.807) is 12.0 Å². The van der Waals surface area contributed by atoms with Gasteiger partial charge in [-0.25, -0.2) is 9.59 Å². The van der Waals surface area contributed by atoms with Crippen LogP contribution in [0.1, 0.15) is 24.3 Å². The van der Waals surface area contributed by atoms with Gasteiger partial charge in [-0.1, -0.05) is 12.1 Å². The molecule has 2 aliphatic heterocycles. The first-order valence-electron chi connectivity index (χ1n) is 8.13. The highest BCUT2D eigenvalue weighted by atomic mass is 16.6. The number of hydrogen-bond donors (Lipinski definition) is 1. The van der Waals surface area contributed by atoms with Crippen LogP contribution >= 0.6 is 0 Å². The SMILES string of the molecule is COCC1CN(c2ccc(C3CCN(C(=O)O)CC3)cc2)C(=O)O1. The summed E-state index contributed by atoms with van der Waals surface area (Å²) in [4.78, 5) is 26.0. The van der Waals surface area contributed by atoms with Crippen LogP contribution in [0.2, 0.25) is 0 Å². The van der Waals surface area contributed by atoms with Crippen LogP contribution in [0.4, 0.5) is 15.3 Å². The number of ether oxygens (including phenoxy) is 2. The maximum Gasteiger partial charge on any atom is 0.414 e. The Kier molecular flexibility index (Phi) is 4.89. The second kappa shape index (κ2) is 7.09. The Labute approximate surface area is 140 Å². The van der Waals surface area contributed by atoms with Gasteiger partial charge >= 0.3 is 12.2 Å². The molecule has 1 N–H and O–H groups in total. The maximum atomic E-state index is 11.9. The van der Waals surface area contributed by atoms with Crippen LogP contribution in [0.15, 0.2) is 24.3 Å². The molecule has 1 aromatic carbocycles. The number of anilines is 1. The van der Waals surface area contributed by atoms with Crippen molar-refractivity contribution in [2.45, 2.75) is 24.9 Å². The number of carbonyl (C=O) groups is 2. The Balaban J connectivity index is 1.62. The number of piperidine rings is 1. The average Bonchev–Trinajstić information content (AvgIpc) is 2.96. The summed E-state index contributed by atoms with van der Waals surface area (Å²) in [5.41, 5.74) is 2.00. The largest absolute Gasteiger partial charge is 0.465 e. The lowest BCUT2D eigenvalue weighted by Gasteiger charge is -2.30. The summed E-state index contributed by atoms with van der Waals surface area (Å²) in [7, 11) is 1.58. The number of likely N-dealkylation sites (tertiary alicyclic amines) is 1. The molecular formula is C17H22N2O5. The van der Waals surface area contributed by atoms with Gasteiger partial charge in [-0.15, -0.1) is 0 Å². The number of carboxylic acid groups (broad SMARTS) is 1. The van der Waals surface area contributed by atoms with Gasteiger partial charge in [-0.3, -0.25) is 4.90 Å². The number of carbonyl (C=O) groups excluding carboxylic acids is 1. The van der Waals surface area contributed by atoms with Gasteiger partial charge in [0, 0.05) is 25.9 Å². The second-order valence-electron chi connectivity index (χ2n) is 6.21. The van der Waals surface area contributed by atoms with E-state index in [-0.39, 0.29) is 12.2 Å². The monoisotopic (exact) mass is 334 g/mol. The molecule has 7 nitrogen and oxygen atoms in total. The van der Waals surface area contributed by atoms with Crippen molar-refractivity contribution in [2.24, 2.45) is 0 Å². The van der Waals surface area contributed by atoms with E-state index in [9.17, 15) is 9.59 Å². The van der Waals surface area contributed by atoms with Crippen molar-refractivity contribution in [3.63, 3.8) is 0 Å². The van der Waals surface area contributed by atoms with Gasteiger partial charge in [0.2, 0.25) is 0 Å². The molecule has 2 fully saturated rings. The van der Waals surface area contributed by atoms with E-state index in [4.69, 9.17) is 14.6 Å². The third kappa shape index (κ3) is 3.46. The zero-order valence-corrected chi connectivity index (χ0v) is 13.7. The van der Waals surface area contributed by atoms with Gasteiger partial charge in [-0.2, -0.15) is 0 Å². The van der Waals surface area contributed by atoms with Gasteiger partial charge < -0.3 is 19.5 Å². The molecule has 1 aromatic rings. The Morgan fingerprint density at radius 3 is 2.54 bits per heavy atom. The predicted octanol–water partition coefficient (Wildman–Crippen LogP) is 2.52. The standard InChI is InChI=1S/C17H22N2O5/c1-23-11-15-10-19(17(22)24-15)14-4-2-12(3-5-14)13-6-8-18(9-7-13)16(20)21/h2-5,13,15H,6-11H2,1H3,(H,20,21). The molecule has 1 atom stereocenters. The molecule has 130 valence electrons. The molecule has 0 aliphatic carbocycles. The lowest BCUT2D eigenvalue weighted by Crippen LogP contribution is -2.36. The molecule has 2 heterocycles. The fraction of sp³-hybridized carbons (Fsp3) is 0.529. The molecule has 0 radical (unpaired) electrons. The number of rotatable bonds is 4. The number of nitrogens with zero attached hydrogens (tertiary/aromatic N) is 2. The zero-order chi connectivity index (χ0) is 17.1. The highest BCUT2D eigenvalue weighted by molar-refractivity contribution is 5.89. The van der Waals surface area contributed by atoms with Crippen LogP contribution in [0, 0.1) is 0 Å². The zero-order valence-electron chi connectivity index (χ0n) is 13.7. The summed E-state index contributed by atoms with van der Waals surface area (Å²) in [6.45, 7) is 2.02. The van der Waals surface area contributed by atoms with E-state index in [0.717, 1.165) is 18.5 Å².